The highest BCUT2D eigenvalue weighted by Gasteiger charge is 2.21. The molecule has 106 valence electrons. The van der Waals surface area contributed by atoms with Crippen molar-refractivity contribution in [3.8, 4) is 5.75 Å². The molecule has 1 saturated heterocycles. The molecule has 1 aromatic rings. The fourth-order valence-electron chi connectivity index (χ4n) is 2.52. The number of ether oxygens (including phenoxy) is 1. The van der Waals surface area contributed by atoms with Gasteiger partial charge < -0.3 is 15.8 Å². The van der Waals surface area contributed by atoms with Gasteiger partial charge in [-0.3, -0.25) is 0 Å². The van der Waals surface area contributed by atoms with Gasteiger partial charge in [0.25, 0.3) is 0 Å². The average molecular weight is 262 g/mol. The minimum absolute atomic E-state index is 0.154. The molecule has 0 aliphatic carbocycles. The van der Waals surface area contributed by atoms with Crippen LogP contribution < -0.4 is 15.8 Å². The van der Waals surface area contributed by atoms with Crippen LogP contribution in [0.3, 0.4) is 0 Å². The zero-order valence-electron chi connectivity index (χ0n) is 12.1. The Bertz CT molecular complexity index is 369. The summed E-state index contributed by atoms with van der Waals surface area (Å²) in [5.74, 6) is 2.09. The second-order valence-corrected chi connectivity index (χ2v) is 5.89. The third kappa shape index (κ3) is 4.22. The third-order valence-electron chi connectivity index (χ3n) is 3.74. The molecule has 1 fully saturated rings. The topological polar surface area (TPSA) is 47.3 Å². The van der Waals surface area contributed by atoms with Gasteiger partial charge in [0.15, 0.2) is 0 Å². The van der Waals surface area contributed by atoms with Crippen molar-refractivity contribution in [2.75, 3.05) is 19.7 Å². The first-order valence-electron chi connectivity index (χ1n) is 7.36. The van der Waals surface area contributed by atoms with E-state index in [1.54, 1.807) is 0 Å². The Kier molecular flexibility index (Phi) is 5.23. The van der Waals surface area contributed by atoms with E-state index in [2.05, 4.69) is 31.3 Å². The molecule has 1 heterocycles. The third-order valence-corrected chi connectivity index (χ3v) is 3.74. The number of benzene rings is 1. The second kappa shape index (κ2) is 6.92. The van der Waals surface area contributed by atoms with Crippen LogP contribution in [0.25, 0.3) is 0 Å². The van der Waals surface area contributed by atoms with Crippen LogP contribution in [-0.2, 0) is 0 Å². The number of rotatable bonds is 5. The van der Waals surface area contributed by atoms with E-state index in [9.17, 15) is 0 Å². The van der Waals surface area contributed by atoms with Crippen molar-refractivity contribution in [1.29, 1.82) is 0 Å². The lowest BCUT2D eigenvalue weighted by molar-refractivity contribution is 0.270. The highest BCUT2D eigenvalue weighted by Crippen LogP contribution is 2.27. The molecule has 2 rings (SSSR count). The summed E-state index contributed by atoms with van der Waals surface area (Å²) in [6, 6.07) is 8.46. The maximum atomic E-state index is 6.37. The first kappa shape index (κ1) is 14.4. The zero-order chi connectivity index (χ0) is 13.7. The van der Waals surface area contributed by atoms with Crippen LogP contribution in [0.4, 0.5) is 0 Å². The minimum Gasteiger partial charge on any atom is -0.493 e. The van der Waals surface area contributed by atoms with Gasteiger partial charge in [-0.1, -0.05) is 26.0 Å². The summed E-state index contributed by atoms with van der Waals surface area (Å²) in [6.07, 6.45) is 2.35. The average Bonchev–Trinajstić information content (AvgIpc) is 2.46. The van der Waals surface area contributed by atoms with Crippen LogP contribution in [0.15, 0.2) is 24.3 Å². The van der Waals surface area contributed by atoms with E-state index in [1.807, 2.05) is 12.1 Å². The monoisotopic (exact) mass is 262 g/mol. The van der Waals surface area contributed by atoms with Crippen molar-refractivity contribution >= 4 is 0 Å². The highest BCUT2D eigenvalue weighted by atomic mass is 16.5. The van der Waals surface area contributed by atoms with Gasteiger partial charge in [0.05, 0.1) is 6.61 Å². The van der Waals surface area contributed by atoms with Crippen LogP contribution in [0.5, 0.6) is 5.75 Å². The summed E-state index contributed by atoms with van der Waals surface area (Å²) in [7, 11) is 0. The van der Waals surface area contributed by atoms with Crippen LogP contribution in [0, 0.1) is 11.8 Å². The standard InChI is InChI=1S/C16H26N2O/c1-12(2)11-19-15-5-3-13(4-6-15)16(17)14-7-9-18-10-8-14/h3-6,12,14,16,18H,7-11,17H2,1-2H3. The molecule has 0 amide bonds. The predicted octanol–water partition coefficient (Wildman–Crippen LogP) is 2.72. The molecule has 1 aliphatic rings. The van der Waals surface area contributed by atoms with E-state index in [0.717, 1.165) is 25.4 Å². The second-order valence-electron chi connectivity index (χ2n) is 5.89. The Morgan fingerprint density at radius 1 is 1.21 bits per heavy atom. The molecule has 3 N–H and O–H groups in total. The molecule has 0 radical (unpaired) electrons. The number of hydrogen-bond donors (Lipinski definition) is 2. The minimum atomic E-state index is 0.154. The Hall–Kier alpha value is -1.06. The van der Waals surface area contributed by atoms with Crippen molar-refractivity contribution in [2.24, 2.45) is 17.6 Å². The first-order chi connectivity index (χ1) is 9.16. The Labute approximate surface area is 116 Å². The van der Waals surface area contributed by atoms with Gasteiger partial charge in [-0.2, -0.15) is 0 Å². The Morgan fingerprint density at radius 2 is 1.84 bits per heavy atom. The molecule has 3 heteroatoms. The number of piperidine rings is 1. The molecule has 1 aromatic carbocycles. The van der Waals surface area contributed by atoms with Gasteiger partial charge in [-0.25, -0.2) is 0 Å². The van der Waals surface area contributed by atoms with Gasteiger partial charge in [0.2, 0.25) is 0 Å². The molecule has 1 unspecified atom stereocenters. The summed E-state index contributed by atoms with van der Waals surface area (Å²) in [5, 5.41) is 3.38. The van der Waals surface area contributed by atoms with Crippen molar-refractivity contribution < 1.29 is 4.74 Å². The highest BCUT2D eigenvalue weighted by molar-refractivity contribution is 5.29. The van der Waals surface area contributed by atoms with E-state index < -0.39 is 0 Å². The van der Waals surface area contributed by atoms with E-state index in [-0.39, 0.29) is 6.04 Å². The van der Waals surface area contributed by atoms with Crippen molar-refractivity contribution in [3.05, 3.63) is 29.8 Å². The molecule has 19 heavy (non-hydrogen) atoms. The van der Waals surface area contributed by atoms with Gasteiger partial charge in [0, 0.05) is 6.04 Å². The molecular weight excluding hydrogens is 236 g/mol. The molecule has 1 aliphatic heterocycles. The van der Waals surface area contributed by atoms with Crippen LogP contribution in [0.2, 0.25) is 0 Å². The normalized spacial score (nSPS) is 18.5. The van der Waals surface area contributed by atoms with Crippen LogP contribution >= 0.6 is 0 Å². The number of nitrogens with one attached hydrogen (secondary N) is 1. The summed E-state index contributed by atoms with van der Waals surface area (Å²) in [6.45, 7) is 7.25. The summed E-state index contributed by atoms with van der Waals surface area (Å²) in [4.78, 5) is 0. The summed E-state index contributed by atoms with van der Waals surface area (Å²) < 4.78 is 5.70. The maximum Gasteiger partial charge on any atom is 0.119 e. The molecule has 1 atom stereocenters. The lowest BCUT2D eigenvalue weighted by atomic mass is 9.86. The molecule has 0 aromatic heterocycles. The Morgan fingerprint density at radius 3 is 2.42 bits per heavy atom. The van der Waals surface area contributed by atoms with Gasteiger partial charge in [-0.05, 0) is 55.5 Å². The molecule has 0 spiro atoms. The van der Waals surface area contributed by atoms with Gasteiger partial charge >= 0.3 is 0 Å². The molecular formula is C16H26N2O. The van der Waals surface area contributed by atoms with Crippen LogP contribution in [-0.4, -0.2) is 19.7 Å². The van der Waals surface area contributed by atoms with E-state index >= 15 is 0 Å². The summed E-state index contributed by atoms with van der Waals surface area (Å²) in [5.41, 5.74) is 7.60. The Balaban J connectivity index is 1.93. The maximum absolute atomic E-state index is 6.37. The molecule has 0 saturated carbocycles. The van der Waals surface area contributed by atoms with E-state index in [4.69, 9.17) is 10.5 Å². The number of nitrogens with two attached hydrogens (primary N) is 1. The predicted molar refractivity (Wildman–Crippen MR) is 79.3 cm³/mol. The first-order valence-corrected chi connectivity index (χ1v) is 7.36. The summed E-state index contributed by atoms with van der Waals surface area (Å²) >= 11 is 0. The van der Waals surface area contributed by atoms with E-state index in [1.165, 1.54) is 18.4 Å². The fourth-order valence-corrected chi connectivity index (χ4v) is 2.52. The largest absolute Gasteiger partial charge is 0.493 e. The zero-order valence-corrected chi connectivity index (χ0v) is 12.1. The molecule has 0 bridgehead atoms. The van der Waals surface area contributed by atoms with Crippen molar-refractivity contribution in [2.45, 2.75) is 32.7 Å². The van der Waals surface area contributed by atoms with Crippen LogP contribution in [0.1, 0.15) is 38.3 Å². The SMILES string of the molecule is CC(C)COc1ccc(C(N)C2CCNCC2)cc1. The quantitative estimate of drug-likeness (QED) is 0.857. The van der Waals surface area contributed by atoms with Gasteiger partial charge in [0.1, 0.15) is 5.75 Å². The van der Waals surface area contributed by atoms with Crippen molar-refractivity contribution in [1.82, 2.24) is 5.32 Å². The number of hydrogen-bond acceptors (Lipinski definition) is 3. The smallest absolute Gasteiger partial charge is 0.119 e. The van der Waals surface area contributed by atoms with E-state index in [0.29, 0.717) is 11.8 Å². The molecule has 3 nitrogen and oxygen atoms in total. The fraction of sp³-hybridized carbons (Fsp3) is 0.625. The lowest BCUT2D eigenvalue weighted by Crippen LogP contribution is -2.33. The van der Waals surface area contributed by atoms with Gasteiger partial charge in [-0.15, -0.1) is 0 Å². The van der Waals surface area contributed by atoms with Crippen molar-refractivity contribution in [3.63, 3.8) is 0 Å². The lowest BCUT2D eigenvalue weighted by Gasteiger charge is -2.28.